The summed E-state index contributed by atoms with van der Waals surface area (Å²) >= 11 is 0.792. The molecule has 202 valence electrons. The van der Waals surface area contributed by atoms with Crippen molar-refractivity contribution in [3.05, 3.63) is 64.8 Å². The van der Waals surface area contributed by atoms with Gasteiger partial charge in [-0.2, -0.15) is 17.5 Å². The molecule has 1 N–H and O–H groups in total. The van der Waals surface area contributed by atoms with Gasteiger partial charge in [0.05, 0.1) is 15.4 Å². The van der Waals surface area contributed by atoms with Gasteiger partial charge in [-0.15, -0.1) is 0 Å². The molecule has 0 unspecified atom stereocenters. The van der Waals surface area contributed by atoms with Crippen LogP contribution in [0.15, 0.2) is 58.6 Å². The Kier molecular flexibility index (Phi) is 8.23. The van der Waals surface area contributed by atoms with Gasteiger partial charge in [-0.05, 0) is 54.4 Å². The Morgan fingerprint density at radius 3 is 2.50 bits per heavy atom. The first-order valence-corrected chi connectivity index (χ1v) is 13.8. The van der Waals surface area contributed by atoms with Crippen molar-refractivity contribution in [2.75, 3.05) is 26.2 Å². The molecule has 38 heavy (non-hydrogen) atoms. The van der Waals surface area contributed by atoms with Crippen molar-refractivity contribution < 1.29 is 36.0 Å². The molecule has 0 radical (unpaired) electrons. The van der Waals surface area contributed by atoms with Gasteiger partial charge in [0, 0.05) is 44.5 Å². The summed E-state index contributed by atoms with van der Waals surface area (Å²) in [6, 6.07) is 7.44. The summed E-state index contributed by atoms with van der Waals surface area (Å²) in [6.45, 7) is -0.263. The Labute approximate surface area is 221 Å². The van der Waals surface area contributed by atoms with Crippen LogP contribution >= 0.6 is 11.8 Å². The van der Waals surface area contributed by atoms with E-state index in [0.717, 1.165) is 39.2 Å². The number of imide groups is 1. The lowest BCUT2D eigenvalue weighted by Gasteiger charge is -2.31. The average molecular weight is 569 g/mol. The first-order chi connectivity index (χ1) is 18.0. The highest BCUT2D eigenvalue weighted by Gasteiger charge is 2.40. The molecule has 0 aliphatic carbocycles. The zero-order valence-electron chi connectivity index (χ0n) is 19.8. The molecule has 14 heteroatoms. The standard InChI is InChI=1S/C24H23F3N4O5S2/c25-24(26,27)18-5-1-2-6-20(18)38(35,36)30-11-7-17(8-12-30)21(32)29-10-13-31-22(33)19(37-23(31)34)14-16-4-3-9-28-15-16/h1-6,9,14-15,17H,7-8,10-13H2,(H,29,32)/b19-14-. The van der Waals surface area contributed by atoms with Crippen LogP contribution < -0.4 is 5.32 Å². The number of halogens is 3. The van der Waals surface area contributed by atoms with E-state index in [0.29, 0.717) is 5.56 Å². The molecule has 1 aromatic carbocycles. The largest absolute Gasteiger partial charge is 0.417 e. The molecule has 0 atom stereocenters. The predicted octanol–water partition coefficient (Wildman–Crippen LogP) is 3.35. The predicted molar refractivity (Wildman–Crippen MR) is 133 cm³/mol. The molecule has 4 rings (SSSR count). The molecule has 0 bridgehead atoms. The second-order valence-electron chi connectivity index (χ2n) is 8.58. The van der Waals surface area contributed by atoms with E-state index in [9.17, 15) is 36.0 Å². The summed E-state index contributed by atoms with van der Waals surface area (Å²) in [4.78, 5) is 41.9. The highest BCUT2D eigenvalue weighted by molar-refractivity contribution is 8.18. The van der Waals surface area contributed by atoms with Crippen molar-refractivity contribution in [3.63, 3.8) is 0 Å². The van der Waals surface area contributed by atoms with Crippen LogP contribution in [0.5, 0.6) is 0 Å². The quantitative estimate of drug-likeness (QED) is 0.509. The minimum Gasteiger partial charge on any atom is -0.354 e. The van der Waals surface area contributed by atoms with E-state index in [4.69, 9.17) is 0 Å². The molecule has 3 amide bonds. The van der Waals surface area contributed by atoms with Gasteiger partial charge >= 0.3 is 6.18 Å². The zero-order chi connectivity index (χ0) is 27.5. The molecule has 2 aromatic rings. The Hall–Kier alpha value is -3.23. The Morgan fingerprint density at radius 1 is 1.13 bits per heavy atom. The van der Waals surface area contributed by atoms with Gasteiger partial charge in [-0.1, -0.05) is 18.2 Å². The van der Waals surface area contributed by atoms with Crippen molar-refractivity contribution in [2.24, 2.45) is 5.92 Å². The Balaban J connectivity index is 1.29. The van der Waals surface area contributed by atoms with E-state index in [1.54, 1.807) is 30.6 Å². The molecule has 2 fully saturated rings. The molecule has 9 nitrogen and oxygen atoms in total. The van der Waals surface area contributed by atoms with Crippen molar-refractivity contribution in [3.8, 4) is 0 Å². The maximum atomic E-state index is 13.3. The summed E-state index contributed by atoms with van der Waals surface area (Å²) < 4.78 is 66.7. The van der Waals surface area contributed by atoms with E-state index >= 15 is 0 Å². The number of amides is 3. The molecule has 3 heterocycles. The number of thioether (sulfide) groups is 1. The Morgan fingerprint density at radius 2 is 1.84 bits per heavy atom. The second-order valence-corrected chi connectivity index (χ2v) is 11.5. The third-order valence-electron chi connectivity index (χ3n) is 6.13. The molecule has 2 saturated heterocycles. The molecule has 2 aliphatic rings. The number of rotatable bonds is 7. The van der Waals surface area contributed by atoms with Gasteiger partial charge < -0.3 is 5.32 Å². The van der Waals surface area contributed by atoms with E-state index < -0.39 is 43.7 Å². The third kappa shape index (κ3) is 6.08. The van der Waals surface area contributed by atoms with E-state index in [1.807, 2.05) is 0 Å². The maximum Gasteiger partial charge on any atom is 0.417 e. The molecule has 0 spiro atoms. The average Bonchev–Trinajstić information content (AvgIpc) is 3.16. The van der Waals surface area contributed by atoms with Crippen molar-refractivity contribution in [1.82, 2.24) is 19.5 Å². The number of sulfonamides is 1. The molecule has 0 saturated carbocycles. The molecule has 1 aromatic heterocycles. The number of carbonyl (C=O) groups excluding carboxylic acids is 3. The Bertz CT molecular complexity index is 1360. The molecular formula is C24H23F3N4O5S2. The maximum absolute atomic E-state index is 13.3. The van der Waals surface area contributed by atoms with Crippen LogP contribution in [-0.4, -0.2) is 65.8 Å². The lowest BCUT2D eigenvalue weighted by molar-refractivity contribution is -0.140. The smallest absolute Gasteiger partial charge is 0.354 e. The van der Waals surface area contributed by atoms with Crippen LogP contribution in [0.1, 0.15) is 24.0 Å². The van der Waals surface area contributed by atoms with Crippen LogP contribution in [0.25, 0.3) is 6.08 Å². The van der Waals surface area contributed by atoms with Crippen molar-refractivity contribution in [2.45, 2.75) is 23.9 Å². The zero-order valence-corrected chi connectivity index (χ0v) is 21.5. The normalized spacial score (nSPS) is 18.8. The van der Waals surface area contributed by atoms with Gasteiger partial charge in [0.1, 0.15) is 0 Å². The van der Waals surface area contributed by atoms with Crippen LogP contribution in [0.2, 0.25) is 0 Å². The minimum atomic E-state index is -4.83. The number of alkyl halides is 3. The van der Waals surface area contributed by atoms with Gasteiger partial charge in [0.25, 0.3) is 11.1 Å². The van der Waals surface area contributed by atoms with E-state index in [-0.39, 0.29) is 49.8 Å². The number of hydrogen-bond donors (Lipinski definition) is 1. The van der Waals surface area contributed by atoms with Crippen molar-refractivity contribution in [1.29, 1.82) is 0 Å². The fourth-order valence-electron chi connectivity index (χ4n) is 4.16. The van der Waals surface area contributed by atoms with Gasteiger partial charge in [-0.25, -0.2) is 8.42 Å². The van der Waals surface area contributed by atoms with Gasteiger partial charge in [-0.3, -0.25) is 24.3 Å². The van der Waals surface area contributed by atoms with Crippen LogP contribution in [-0.2, 0) is 25.8 Å². The second kappa shape index (κ2) is 11.3. The number of carbonyl (C=O) groups is 3. The fraction of sp³-hybridized carbons (Fsp3) is 0.333. The molecule has 2 aliphatic heterocycles. The number of aromatic nitrogens is 1. The monoisotopic (exact) mass is 568 g/mol. The van der Waals surface area contributed by atoms with E-state index in [1.165, 1.54) is 6.07 Å². The summed E-state index contributed by atoms with van der Waals surface area (Å²) in [7, 11) is -4.40. The number of nitrogens with one attached hydrogen (secondary N) is 1. The fourth-order valence-corrected chi connectivity index (χ4v) is 6.71. The lowest BCUT2D eigenvalue weighted by atomic mass is 9.97. The molecular weight excluding hydrogens is 545 g/mol. The summed E-state index contributed by atoms with van der Waals surface area (Å²) in [5.41, 5.74) is -0.566. The number of piperidine rings is 1. The van der Waals surface area contributed by atoms with Crippen LogP contribution in [0.3, 0.4) is 0 Å². The van der Waals surface area contributed by atoms with E-state index in [2.05, 4.69) is 10.3 Å². The summed E-state index contributed by atoms with van der Waals surface area (Å²) in [6.07, 6.45) is 0.115. The highest BCUT2D eigenvalue weighted by Crippen LogP contribution is 2.36. The van der Waals surface area contributed by atoms with Crippen LogP contribution in [0, 0.1) is 5.92 Å². The van der Waals surface area contributed by atoms with Gasteiger partial charge in [0.2, 0.25) is 15.9 Å². The highest BCUT2D eigenvalue weighted by atomic mass is 32.2. The lowest BCUT2D eigenvalue weighted by Crippen LogP contribution is -2.44. The number of nitrogens with zero attached hydrogens (tertiary/aromatic N) is 3. The first kappa shape index (κ1) is 27.8. The number of benzene rings is 1. The third-order valence-corrected chi connectivity index (χ3v) is 8.99. The van der Waals surface area contributed by atoms with Crippen LogP contribution in [0.4, 0.5) is 18.0 Å². The SMILES string of the molecule is O=C(NCCN1C(=O)S/C(=C\c2cccnc2)C1=O)C1CCN(S(=O)(=O)c2ccccc2C(F)(F)F)CC1. The van der Waals surface area contributed by atoms with Crippen molar-refractivity contribution >= 4 is 44.9 Å². The number of hydrogen-bond acceptors (Lipinski definition) is 7. The minimum absolute atomic E-state index is 0.00845. The van der Waals surface area contributed by atoms with Gasteiger partial charge in [0.15, 0.2) is 0 Å². The summed E-state index contributed by atoms with van der Waals surface area (Å²) in [5.74, 6) is -1.41. The topological polar surface area (TPSA) is 117 Å². The summed E-state index contributed by atoms with van der Waals surface area (Å²) in [5, 5.41) is 2.20. The first-order valence-electron chi connectivity index (χ1n) is 11.6. The number of pyridine rings is 1.